The number of aromatic nitrogens is 1. The number of para-hydroxylation sites is 1. The van der Waals surface area contributed by atoms with Crippen molar-refractivity contribution in [3.05, 3.63) is 42.1 Å². The normalized spacial score (nSPS) is 9.80. The quantitative estimate of drug-likeness (QED) is 0.733. The van der Waals surface area contributed by atoms with Gasteiger partial charge in [0.15, 0.2) is 5.75 Å². The number of aromatic hydroxyl groups is 1. The zero-order valence-electron chi connectivity index (χ0n) is 7.88. The predicted octanol–water partition coefficient (Wildman–Crippen LogP) is 1.64. The highest BCUT2D eigenvalue weighted by Gasteiger charge is 2.12. The lowest BCUT2D eigenvalue weighted by molar-refractivity contribution is 0.474. The molecule has 1 aromatic heterocycles. The Hall–Kier alpha value is -2.41. The van der Waals surface area contributed by atoms with Crippen molar-refractivity contribution in [2.24, 2.45) is 0 Å². The summed E-state index contributed by atoms with van der Waals surface area (Å²) in [6.07, 6.45) is 1.43. The summed E-state index contributed by atoms with van der Waals surface area (Å²) in [6.45, 7) is 0. The van der Waals surface area contributed by atoms with E-state index in [1.807, 2.05) is 36.4 Å². The molecule has 0 atom stereocenters. The van der Waals surface area contributed by atoms with Crippen LogP contribution in [-0.4, -0.2) is 9.67 Å². The molecule has 2 aromatic rings. The predicted molar refractivity (Wildman–Crippen MR) is 56.6 cm³/mol. The molecule has 0 aliphatic heterocycles. The number of hydrogen-bond acceptors (Lipinski definition) is 3. The van der Waals surface area contributed by atoms with Crippen LogP contribution in [0.25, 0.3) is 5.69 Å². The Labute approximate surface area is 86.8 Å². The van der Waals surface area contributed by atoms with Crippen LogP contribution >= 0.6 is 0 Å². The average Bonchev–Trinajstić information content (AvgIpc) is 2.55. The van der Waals surface area contributed by atoms with E-state index in [-0.39, 0.29) is 17.1 Å². The minimum Gasteiger partial charge on any atom is -0.505 e. The number of rotatable bonds is 1. The first-order chi connectivity index (χ1) is 7.24. The maximum absolute atomic E-state index is 9.45. The van der Waals surface area contributed by atoms with Crippen molar-refractivity contribution in [1.29, 1.82) is 5.26 Å². The first-order valence-corrected chi connectivity index (χ1v) is 4.39. The van der Waals surface area contributed by atoms with Crippen molar-refractivity contribution in [1.82, 2.24) is 4.57 Å². The first kappa shape index (κ1) is 9.16. The van der Waals surface area contributed by atoms with Crippen LogP contribution in [0.1, 0.15) is 5.56 Å². The van der Waals surface area contributed by atoms with Gasteiger partial charge < -0.3 is 10.8 Å². The minimum absolute atomic E-state index is 0.0983. The number of nitrogens with zero attached hydrogens (tertiary/aromatic N) is 2. The van der Waals surface area contributed by atoms with E-state index in [9.17, 15) is 5.11 Å². The van der Waals surface area contributed by atoms with E-state index in [0.29, 0.717) is 0 Å². The highest BCUT2D eigenvalue weighted by atomic mass is 16.3. The molecular formula is C11H9N3O. The highest BCUT2D eigenvalue weighted by molar-refractivity contribution is 5.61. The fourth-order valence-electron chi connectivity index (χ4n) is 1.42. The molecule has 0 radical (unpaired) electrons. The third kappa shape index (κ3) is 1.40. The highest BCUT2D eigenvalue weighted by Crippen LogP contribution is 2.27. The Balaban J connectivity index is 2.62. The van der Waals surface area contributed by atoms with Crippen LogP contribution in [0.15, 0.2) is 36.5 Å². The van der Waals surface area contributed by atoms with E-state index < -0.39 is 0 Å². The molecule has 1 aromatic carbocycles. The fourth-order valence-corrected chi connectivity index (χ4v) is 1.42. The lowest BCUT2D eigenvalue weighted by Gasteiger charge is -2.04. The standard InChI is InChI=1S/C11H9N3O/c12-6-9-10(15)7-14(11(9)13)8-4-2-1-3-5-8/h1-5,7,15H,13H2. The Morgan fingerprint density at radius 1 is 1.27 bits per heavy atom. The molecular weight excluding hydrogens is 190 g/mol. The number of nitrogens with two attached hydrogens (primary N) is 1. The second kappa shape index (κ2) is 3.39. The van der Waals surface area contributed by atoms with Crippen LogP contribution in [0.5, 0.6) is 5.75 Å². The van der Waals surface area contributed by atoms with E-state index >= 15 is 0 Å². The first-order valence-electron chi connectivity index (χ1n) is 4.39. The summed E-state index contributed by atoms with van der Waals surface area (Å²) >= 11 is 0. The largest absolute Gasteiger partial charge is 0.505 e. The minimum atomic E-state index is -0.0983. The van der Waals surface area contributed by atoms with E-state index in [1.54, 1.807) is 4.57 Å². The molecule has 0 spiro atoms. The number of benzene rings is 1. The molecule has 0 saturated heterocycles. The van der Waals surface area contributed by atoms with E-state index in [4.69, 9.17) is 11.0 Å². The van der Waals surface area contributed by atoms with Gasteiger partial charge in [0.2, 0.25) is 0 Å². The van der Waals surface area contributed by atoms with Crippen LogP contribution in [0.2, 0.25) is 0 Å². The van der Waals surface area contributed by atoms with Gasteiger partial charge in [0.25, 0.3) is 0 Å². The van der Waals surface area contributed by atoms with Crippen molar-refractivity contribution in [3.63, 3.8) is 0 Å². The Morgan fingerprint density at radius 3 is 2.47 bits per heavy atom. The molecule has 0 bridgehead atoms. The van der Waals surface area contributed by atoms with Crippen molar-refractivity contribution in [2.75, 3.05) is 5.73 Å². The summed E-state index contributed by atoms with van der Waals surface area (Å²) in [5.74, 6) is 0.153. The molecule has 2 rings (SSSR count). The molecule has 4 nitrogen and oxygen atoms in total. The third-order valence-corrected chi connectivity index (χ3v) is 2.17. The van der Waals surface area contributed by atoms with Crippen molar-refractivity contribution < 1.29 is 5.11 Å². The average molecular weight is 199 g/mol. The lowest BCUT2D eigenvalue weighted by Crippen LogP contribution is -1.99. The van der Waals surface area contributed by atoms with Gasteiger partial charge in [-0.05, 0) is 12.1 Å². The molecule has 0 amide bonds. The van der Waals surface area contributed by atoms with Gasteiger partial charge >= 0.3 is 0 Å². The molecule has 3 N–H and O–H groups in total. The summed E-state index contributed by atoms with van der Waals surface area (Å²) in [4.78, 5) is 0. The monoisotopic (exact) mass is 199 g/mol. The maximum atomic E-state index is 9.45. The maximum Gasteiger partial charge on any atom is 0.153 e. The van der Waals surface area contributed by atoms with E-state index in [0.717, 1.165) is 5.69 Å². The molecule has 0 aliphatic carbocycles. The van der Waals surface area contributed by atoms with Gasteiger partial charge in [-0.15, -0.1) is 0 Å². The number of nitriles is 1. The Morgan fingerprint density at radius 2 is 1.93 bits per heavy atom. The second-order valence-corrected chi connectivity index (χ2v) is 3.09. The molecule has 1 heterocycles. The van der Waals surface area contributed by atoms with Crippen LogP contribution < -0.4 is 5.73 Å². The summed E-state index contributed by atoms with van der Waals surface area (Å²) in [5, 5.41) is 18.2. The summed E-state index contributed by atoms with van der Waals surface area (Å²) in [7, 11) is 0. The molecule has 4 heteroatoms. The summed E-state index contributed by atoms with van der Waals surface area (Å²) < 4.78 is 1.58. The molecule has 15 heavy (non-hydrogen) atoms. The van der Waals surface area contributed by atoms with Crippen LogP contribution in [-0.2, 0) is 0 Å². The van der Waals surface area contributed by atoms with Crippen LogP contribution in [0.3, 0.4) is 0 Å². The zero-order chi connectivity index (χ0) is 10.8. The Bertz CT molecular complexity index is 523. The van der Waals surface area contributed by atoms with Crippen molar-refractivity contribution >= 4 is 5.82 Å². The number of hydrogen-bond donors (Lipinski definition) is 2. The SMILES string of the molecule is N#Cc1c(O)cn(-c2ccccc2)c1N. The zero-order valence-corrected chi connectivity index (χ0v) is 7.88. The van der Waals surface area contributed by atoms with Crippen LogP contribution in [0, 0.1) is 11.3 Å². The van der Waals surface area contributed by atoms with Gasteiger partial charge in [-0.3, -0.25) is 4.57 Å². The van der Waals surface area contributed by atoms with Gasteiger partial charge in [0, 0.05) is 5.69 Å². The van der Waals surface area contributed by atoms with Crippen molar-refractivity contribution in [2.45, 2.75) is 0 Å². The summed E-state index contributed by atoms with van der Waals surface area (Å²) in [5.41, 5.74) is 6.65. The van der Waals surface area contributed by atoms with Gasteiger partial charge in [0.1, 0.15) is 17.5 Å². The summed E-state index contributed by atoms with van der Waals surface area (Å²) in [6, 6.07) is 11.1. The third-order valence-electron chi connectivity index (χ3n) is 2.17. The van der Waals surface area contributed by atoms with Crippen molar-refractivity contribution in [3.8, 4) is 17.5 Å². The van der Waals surface area contributed by atoms with Gasteiger partial charge in [-0.2, -0.15) is 5.26 Å². The molecule has 0 unspecified atom stereocenters. The van der Waals surface area contributed by atoms with E-state index in [1.165, 1.54) is 6.20 Å². The van der Waals surface area contributed by atoms with Gasteiger partial charge in [0.05, 0.1) is 6.20 Å². The molecule has 0 saturated carbocycles. The van der Waals surface area contributed by atoms with E-state index in [2.05, 4.69) is 0 Å². The van der Waals surface area contributed by atoms with Gasteiger partial charge in [-0.1, -0.05) is 18.2 Å². The van der Waals surface area contributed by atoms with Crippen LogP contribution in [0.4, 0.5) is 5.82 Å². The second-order valence-electron chi connectivity index (χ2n) is 3.09. The smallest absolute Gasteiger partial charge is 0.153 e. The molecule has 0 aliphatic rings. The number of nitrogen functional groups attached to an aromatic ring is 1. The lowest BCUT2D eigenvalue weighted by atomic mass is 10.3. The molecule has 0 fully saturated rings. The van der Waals surface area contributed by atoms with Gasteiger partial charge in [-0.25, -0.2) is 0 Å². The molecule has 74 valence electrons. The topological polar surface area (TPSA) is 75.0 Å². The fraction of sp³-hybridized carbons (Fsp3) is 0. The Kier molecular flexibility index (Phi) is 2.07. The number of anilines is 1.